The molecule has 0 rings (SSSR count). The molecule has 0 spiro atoms. The summed E-state index contributed by atoms with van der Waals surface area (Å²) >= 11 is 0. The minimum absolute atomic E-state index is 0.113. The second-order valence-corrected chi connectivity index (χ2v) is 3.96. The summed E-state index contributed by atoms with van der Waals surface area (Å²) in [6.07, 6.45) is 1.66. The number of hydrogen-bond acceptors (Lipinski definition) is 3. The maximum Gasteiger partial charge on any atom is 0.326 e. The highest BCUT2D eigenvalue weighted by Gasteiger charge is 2.24. The van der Waals surface area contributed by atoms with Crippen LogP contribution in [0.15, 0.2) is 12.7 Å². The van der Waals surface area contributed by atoms with E-state index in [1.165, 1.54) is 11.0 Å². The van der Waals surface area contributed by atoms with Crippen molar-refractivity contribution in [3.05, 3.63) is 12.7 Å². The molecule has 0 bridgehead atoms. The SMILES string of the molecule is C=CCC(NC(=O)N(CC)C(C)COC)C(=O)O. The van der Waals surface area contributed by atoms with Crippen molar-refractivity contribution in [2.24, 2.45) is 0 Å². The van der Waals surface area contributed by atoms with Crippen LogP contribution in [-0.2, 0) is 9.53 Å². The maximum absolute atomic E-state index is 11.9. The summed E-state index contributed by atoms with van der Waals surface area (Å²) < 4.78 is 4.98. The van der Waals surface area contributed by atoms with E-state index < -0.39 is 18.0 Å². The molecule has 2 atom stereocenters. The number of carbonyl (C=O) groups is 2. The molecule has 2 unspecified atom stereocenters. The number of likely N-dealkylation sites (N-methyl/N-ethyl adjacent to an activating group) is 1. The zero-order valence-corrected chi connectivity index (χ0v) is 11.2. The van der Waals surface area contributed by atoms with Gasteiger partial charge in [-0.25, -0.2) is 9.59 Å². The molecule has 0 saturated carbocycles. The smallest absolute Gasteiger partial charge is 0.326 e. The summed E-state index contributed by atoms with van der Waals surface area (Å²) in [6.45, 7) is 8.03. The minimum atomic E-state index is -1.07. The Bertz CT molecular complexity index is 294. The topological polar surface area (TPSA) is 78.9 Å². The van der Waals surface area contributed by atoms with Gasteiger partial charge in [-0.05, 0) is 20.3 Å². The number of carbonyl (C=O) groups excluding carboxylic acids is 1. The molecule has 0 aliphatic heterocycles. The van der Waals surface area contributed by atoms with Gasteiger partial charge in [-0.15, -0.1) is 6.58 Å². The summed E-state index contributed by atoms with van der Waals surface area (Å²) in [4.78, 5) is 24.4. The van der Waals surface area contributed by atoms with E-state index in [1.807, 2.05) is 13.8 Å². The Balaban J connectivity index is 4.58. The van der Waals surface area contributed by atoms with Gasteiger partial charge in [0, 0.05) is 13.7 Å². The average Bonchev–Trinajstić information content (AvgIpc) is 2.29. The van der Waals surface area contributed by atoms with Gasteiger partial charge in [0.15, 0.2) is 0 Å². The first-order chi connectivity index (χ1) is 8.47. The van der Waals surface area contributed by atoms with Gasteiger partial charge in [0.05, 0.1) is 12.6 Å². The lowest BCUT2D eigenvalue weighted by atomic mass is 10.2. The molecule has 0 saturated heterocycles. The van der Waals surface area contributed by atoms with Crippen molar-refractivity contribution in [1.29, 1.82) is 0 Å². The zero-order chi connectivity index (χ0) is 14.1. The number of nitrogens with zero attached hydrogens (tertiary/aromatic N) is 1. The van der Waals surface area contributed by atoms with Crippen LogP contribution in [0.3, 0.4) is 0 Å². The summed E-state index contributed by atoms with van der Waals surface area (Å²) in [5, 5.41) is 11.4. The molecule has 2 N–H and O–H groups in total. The molecule has 0 fully saturated rings. The highest BCUT2D eigenvalue weighted by Crippen LogP contribution is 2.02. The molecule has 0 aromatic carbocycles. The summed E-state index contributed by atoms with van der Waals surface area (Å²) in [5.41, 5.74) is 0. The average molecular weight is 258 g/mol. The molecule has 0 aromatic heterocycles. The fraction of sp³-hybridized carbons (Fsp3) is 0.667. The third-order valence-electron chi connectivity index (χ3n) is 2.54. The van der Waals surface area contributed by atoms with Crippen LogP contribution in [0.25, 0.3) is 0 Å². The third kappa shape index (κ3) is 5.18. The Morgan fingerprint density at radius 1 is 1.56 bits per heavy atom. The van der Waals surface area contributed by atoms with Gasteiger partial charge in [-0.2, -0.15) is 0 Å². The standard InChI is InChI=1S/C12H22N2O4/c1-5-7-10(11(15)16)13-12(17)14(6-2)9(3)8-18-4/h5,9-10H,1,6-8H2,2-4H3,(H,13,17)(H,15,16). The first-order valence-electron chi connectivity index (χ1n) is 5.87. The quantitative estimate of drug-likeness (QED) is 0.639. The van der Waals surface area contributed by atoms with Crippen molar-refractivity contribution >= 4 is 12.0 Å². The highest BCUT2D eigenvalue weighted by atomic mass is 16.5. The molecular formula is C12H22N2O4. The summed E-state index contributed by atoms with van der Waals surface area (Å²) in [6, 6.07) is -1.46. The van der Waals surface area contributed by atoms with Crippen molar-refractivity contribution in [2.45, 2.75) is 32.4 Å². The molecule has 2 amide bonds. The molecule has 0 aliphatic carbocycles. The van der Waals surface area contributed by atoms with Gasteiger partial charge in [0.2, 0.25) is 0 Å². The van der Waals surface area contributed by atoms with Crippen LogP contribution < -0.4 is 5.32 Å². The van der Waals surface area contributed by atoms with Crippen LogP contribution in [0.1, 0.15) is 20.3 Å². The number of amides is 2. The van der Waals surface area contributed by atoms with E-state index in [4.69, 9.17) is 9.84 Å². The van der Waals surface area contributed by atoms with Gasteiger partial charge < -0.3 is 20.1 Å². The number of nitrogens with one attached hydrogen (secondary N) is 1. The molecule has 104 valence electrons. The number of aliphatic carboxylic acids is 1. The summed E-state index contributed by atoms with van der Waals surface area (Å²) in [7, 11) is 1.56. The lowest BCUT2D eigenvalue weighted by molar-refractivity contribution is -0.139. The van der Waals surface area contributed by atoms with Crippen molar-refractivity contribution in [3.63, 3.8) is 0 Å². The molecular weight excluding hydrogens is 236 g/mol. The Morgan fingerprint density at radius 2 is 2.17 bits per heavy atom. The fourth-order valence-corrected chi connectivity index (χ4v) is 1.61. The molecule has 6 nitrogen and oxygen atoms in total. The molecule has 0 heterocycles. The maximum atomic E-state index is 11.9. The second kappa shape index (κ2) is 8.52. The Kier molecular flexibility index (Phi) is 7.78. The first-order valence-corrected chi connectivity index (χ1v) is 5.87. The molecule has 6 heteroatoms. The predicted molar refractivity (Wildman–Crippen MR) is 68.5 cm³/mol. The van der Waals surface area contributed by atoms with Crippen molar-refractivity contribution in [1.82, 2.24) is 10.2 Å². The largest absolute Gasteiger partial charge is 0.480 e. The zero-order valence-electron chi connectivity index (χ0n) is 11.2. The molecule has 0 aliphatic rings. The minimum Gasteiger partial charge on any atom is -0.480 e. The van der Waals surface area contributed by atoms with Gasteiger partial charge in [-0.3, -0.25) is 0 Å². The fourth-order valence-electron chi connectivity index (χ4n) is 1.61. The number of hydrogen-bond donors (Lipinski definition) is 2. The molecule has 0 aromatic rings. The van der Waals surface area contributed by atoms with Crippen molar-refractivity contribution in [2.75, 3.05) is 20.3 Å². The number of carboxylic acids is 1. The van der Waals surface area contributed by atoms with Crippen molar-refractivity contribution in [3.8, 4) is 0 Å². The number of rotatable bonds is 8. The Labute approximate surface area is 108 Å². The van der Waals surface area contributed by atoms with Gasteiger partial charge in [-0.1, -0.05) is 6.08 Å². The number of ether oxygens (including phenoxy) is 1. The van der Waals surface area contributed by atoms with Crippen molar-refractivity contribution < 1.29 is 19.4 Å². The Hall–Kier alpha value is -1.56. The van der Waals surface area contributed by atoms with Gasteiger partial charge >= 0.3 is 12.0 Å². The number of methoxy groups -OCH3 is 1. The monoisotopic (exact) mass is 258 g/mol. The number of urea groups is 1. The lowest BCUT2D eigenvalue weighted by Gasteiger charge is -2.28. The van der Waals surface area contributed by atoms with Crippen LogP contribution in [0, 0.1) is 0 Å². The highest BCUT2D eigenvalue weighted by molar-refractivity contribution is 5.82. The van der Waals surface area contributed by atoms with E-state index in [1.54, 1.807) is 7.11 Å². The van der Waals surface area contributed by atoms with E-state index in [2.05, 4.69) is 11.9 Å². The van der Waals surface area contributed by atoms with E-state index >= 15 is 0 Å². The van der Waals surface area contributed by atoms with Crippen LogP contribution in [-0.4, -0.2) is 54.4 Å². The van der Waals surface area contributed by atoms with Crippen LogP contribution in [0.4, 0.5) is 4.79 Å². The normalized spacial score (nSPS) is 13.5. The van der Waals surface area contributed by atoms with Gasteiger partial charge in [0.25, 0.3) is 0 Å². The molecule has 18 heavy (non-hydrogen) atoms. The van der Waals surface area contributed by atoms with Gasteiger partial charge in [0.1, 0.15) is 6.04 Å². The predicted octanol–water partition coefficient (Wildman–Crippen LogP) is 1.08. The third-order valence-corrected chi connectivity index (χ3v) is 2.54. The van der Waals surface area contributed by atoms with Crippen LogP contribution in [0.2, 0.25) is 0 Å². The number of carboxylic acid groups (broad SMARTS) is 1. The van der Waals surface area contributed by atoms with E-state index in [0.717, 1.165) is 0 Å². The van der Waals surface area contributed by atoms with E-state index in [-0.39, 0.29) is 12.5 Å². The molecule has 0 radical (unpaired) electrons. The van der Waals surface area contributed by atoms with E-state index in [9.17, 15) is 9.59 Å². The van der Waals surface area contributed by atoms with E-state index in [0.29, 0.717) is 13.2 Å². The summed E-state index contributed by atoms with van der Waals surface area (Å²) in [5.74, 6) is -1.07. The van der Waals surface area contributed by atoms with Crippen LogP contribution in [0.5, 0.6) is 0 Å². The second-order valence-electron chi connectivity index (χ2n) is 3.96. The lowest BCUT2D eigenvalue weighted by Crippen LogP contribution is -2.51. The first kappa shape index (κ1) is 16.4. The van der Waals surface area contributed by atoms with Crippen LogP contribution >= 0.6 is 0 Å². The Morgan fingerprint density at radius 3 is 2.56 bits per heavy atom.